The van der Waals surface area contributed by atoms with Gasteiger partial charge in [0.25, 0.3) is 11.5 Å². The average molecular weight is 267 g/mol. The van der Waals surface area contributed by atoms with E-state index < -0.39 is 17.9 Å². The van der Waals surface area contributed by atoms with Crippen molar-refractivity contribution in [2.45, 2.75) is 39.3 Å². The second-order valence-corrected chi connectivity index (χ2v) is 4.17. The number of nitrogens with one attached hydrogen (secondary N) is 1. The molecule has 0 unspecified atom stereocenters. The maximum Gasteiger partial charge on any atom is 0.325 e. The Balaban J connectivity index is 2.86. The Kier molecular flexibility index (Phi) is 5.23. The van der Waals surface area contributed by atoms with Crippen molar-refractivity contribution in [2.75, 3.05) is 0 Å². The topological polar surface area (TPSA) is 101 Å². The van der Waals surface area contributed by atoms with Gasteiger partial charge in [-0.2, -0.15) is 5.10 Å². The minimum Gasteiger partial charge on any atom is -0.480 e. The van der Waals surface area contributed by atoms with Gasteiger partial charge in [-0.15, -0.1) is 0 Å². The molecule has 1 aromatic rings. The molecular formula is C12H17N3O4. The molecular weight excluding hydrogens is 250 g/mol. The average Bonchev–Trinajstić information content (AvgIpc) is 2.37. The molecule has 7 heteroatoms. The number of hydrogen-bond donors (Lipinski definition) is 2. The van der Waals surface area contributed by atoms with Crippen molar-refractivity contribution < 1.29 is 14.7 Å². The summed E-state index contributed by atoms with van der Waals surface area (Å²) in [6.45, 7) is 3.77. The summed E-state index contributed by atoms with van der Waals surface area (Å²) in [5, 5.41) is 14.9. The first kappa shape index (κ1) is 14.9. The smallest absolute Gasteiger partial charge is 0.325 e. The van der Waals surface area contributed by atoms with Gasteiger partial charge in [-0.3, -0.25) is 14.4 Å². The van der Waals surface area contributed by atoms with Gasteiger partial charge in [0.15, 0.2) is 0 Å². The number of amides is 1. The Morgan fingerprint density at radius 1 is 1.47 bits per heavy atom. The van der Waals surface area contributed by atoms with Crippen molar-refractivity contribution in [3.63, 3.8) is 0 Å². The molecule has 0 aliphatic carbocycles. The summed E-state index contributed by atoms with van der Waals surface area (Å²) in [5.74, 6) is -1.74. The van der Waals surface area contributed by atoms with Gasteiger partial charge >= 0.3 is 5.97 Å². The summed E-state index contributed by atoms with van der Waals surface area (Å²) in [7, 11) is 0. The second-order valence-electron chi connectivity index (χ2n) is 4.17. The van der Waals surface area contributed by atoms with Crippen molar-refractivity contribution in [2.24, 2.45) is 0 Å². The lowest BCUT2D eigenvalue weighted by Gasteiger charge is -2.10. The number of rotatable bonds is 6. The van der Waals surface area contributed by atoms with Crippen molar-refractivity contribution >= 4 is 11.9 Å². The van der Waals surface area contributed by atoms with Gasteiger partial charge in [-0.05, 0) is 19.4 Å². The lowest BCUT2D eigenvalue weighted by atomic mass is 10.3. The van der Waals surface area contributed by atoms with Crippen molar-refractivity contribution in [3.8, 4) is 0 Å². The Labute approximate surface area is 110 Å². The fourth-order valence-electron chi connectivity index (χ4n) is 1.37. The van der Waals surface area contributed by atoms with Gasteiger partial charge in [0.1, 0.15) is 11.7 Å². The highest BCUT2D eigenvalue weighted by Gasteiger charge is 2.16. The van der Waals surface area contributed by atoms with Crippen LogP contribution in [-0.2, 0) is 11.3 Å². The highest BCUT2D eigenvalue weighted by Crippen LogP contribution is 1.95. The molecule has 0 saturated carbocycles. The number of aliphatic carboxylic acids is 1. The standard InChI is InChI=1S/C12H17N3O4/c1-3-4-7-15-10(16)6-5-9(14-15)11(17)13-8(2)12(18)19/h5-6,8H,3-4,7H2,1-2H3,(H,13,17)(H,18,19)/t8-/m0/s1. The second kappa shape index (κ2) is 6.67. The monoisotopic (exact) mass is 267 g/mol. The molecule has 1 rings (SSSR count). The van der Waals surface area contributed by atoms with Crippen LogP contribution in [0.1, 0.15) is 37.2 Å². The molecule has 0 aliphatic rings. The zero-order chi connectivity index (χ0) is 14.4. The number of aryl methyl sites for hydroxylation is 1. The number of unbranched alkanes of at least 4 members (excludes halogenated alkanes) is 1. The number of carboxylic acids is 1. The van der Waals surface area contributed by atoms with E-state index >= 15 is 0 Å². The van der Waals surface area contributed by atoms with E-state index in [1.807, 2.05) is 6.92 Å². The van der Waals surface area contributed by atoms with E-state index in [4.69, 9.17) is 5.11 Å². The minimum absolute atomic E-state index is 0.0313. The van der Waals surface area contributed by atoms with Crippen LogP contribution in [0, 0.1) is 0 Å². The van der Waals surface area contributed by atoms with Crippen LogP contribution in [-0.4, -0.2) is 32.8 Å². The first-order chi connectivity index (χ1) is 8.95. The van der Waals surface area contributed by atoms with Crippen LogP contribution in [0.15, 0.2) is 16.9 Å². The number of nitrogens with zero attached hydrogens (tertiary/aromatic N) is 2. The third-order valence-corrected chi connectivity index (χ3v) is 2.54. The number of carbonyl (C=O) groups excluding carboxylic acids is 1. The summed E-state index contributed by atoms with van der Waals surface area (Å²) in [6.07, 6.45) is 1.68. The summed E-state index contributed by atoms with van der Waals surface area (Å²) in [6, 6.07) is 1.53. The van der Waals surface area contributed by atoms with Gasteiger partial charge in [0.05, 0.1) is 0 Å². The summed E-state index contributed by atoms with van der Waals surface area (Å²) in [4.78, 5) is 33.9. The molecule has 0 aliphatic heterocycles. The molecule has 0 spiro atoms. The van der Waals surface area contributed by atoms with Crippen LogP contribution in [0.25, 0.3) is 0 Å². The predicted molar refractivity (Wildman–Crippen MR) is 68.0 cm³/mol. The van der Waals surface area contributed by atoms with E-state index in [1.54, 1.807) is 0 Å². The minimum atomic E-state index is -1.13. The van der Waals surface area contributed by atoms with E-state index in [9.17, 15) is 14.4 Å². The molecule has 1 atom stereocenters. The van der Waals surface area contributed by atoms with Crippen LogP contribution in [0.2, 0.25) is 0 Å². The highest BCUT2D eigenvalue weighted by atomic mass is 16.4. The Bertz CT molecular complexity index is 524. The van der Waals surface area contributed by atoms with Gasteiger partial charge in [0, 0.05) is 12.6 Å². The number of aromatic nitrogens is 2. The largest absolute Gasteiger partial charge is 0.480 e. The lowest BCUT2D eigenvalue weighted by Crippen LogP contribution is -2.39. The quantitative estimate of drug-likeness (QED) is 0.769. The molecule has 0 saturated heterocycles. The van der Waals surface area contributed by atoms with Gasteiger partial charge in [0.2, 0.25) is 0 Å². The molecule has 0 aromatic carbocycles. The fourth-order valence-corrected chi connectivity index (χ4v) is 1.37. The SMILES string of the molecule is CCCCn1nc(C(=O)N[C@@H](C)C(=O)O)ccc1=O. The molecule has 19 heavy (non-hydrogen) atoms. The first-order valence-electron chi connectivity index (χ1n) is 6.07. The lowest BCUT2D eigenvalue weighted by molar-refractivity contribution is -0.138. The Morgan fingerprint density at radius 3 is 2.74 bits per heavy atom. The fraction of sp³-hybridized carbons (Fsp3) is 0.500. The van der Waals surface area contributed by atoms with E-state index in [-0.39, 0.29) is 11.3 Å². The van der Waals surface area contributed by atoms with E-state index in [2.05, 4.69) is 10.4 Å². The van der Waals surface area contributed by atoms with Gasteiger partial charge in [-0.25, -0.2) is 4.68 Å². The highest BCUT2D eigenvalue weighted by molar-refractivity contribution is 5.94. The van der Waals surface area contributed by atoms with Crippen molar-refractivity contribution in [3.05, 3.63) is 28.2 Å². The summed E-state index contributed by atoms with van der Waals surface area (Å²) >= 11 is 0. The number of carboxylic acid groups (broad SMARTS) is 1. The van der Waals surface area contributed by atoms with E-state index in [1.165, 1.54) is 23.7 Å². The van der Waals surface area contributed by atoms with Crippen LogP contribution in [0.4, 0.5) is 0 Å². The number of carbonyl (C=O) groups is 2. The third kappa shape index (κ3) is 4.20. The first-order valence-corrected chi connectivity index (χ1v) is 6.07. The number of hydrogen-bond acceptors (Lipinski definition) is 4. The third-order valence-electron chi connectivity index (χ3n) is 2.54. The predicted octanol–water partition coefficient (Wildman–Crippen LogP) is 0.246. The summed E-state index contributed by atoms with van der Waals surface area (Å²) < 4.78 is 1.21. The van der Waals surface area contributed by atoms with E-state index in [0.717, 1.165) is 12.8 Å². The Morgan fingerprint density at radius 2 is 2.16 bits per heavy atom. The van der Waals surface area contributed by atoms with Crippen LogP contribution >= 0.6 is 0 Å². The molecule has 7 nitrogen and oxygen atoms in total. The van der Waals surface area contributed by atoms with Crippen molar-refractivity contribution in [1.29, 1.82) is 0 Å². The maximum absolute atomic E-state index is 11.7. The Hall–Kier alpha value is -2.18. The zero-order valence-corrected chi connectivity index (χ0v) is 10.9. The van der Waals surface area contributed by atoms with E-state index in [0.29, 0.717) is 6.54 Å². The maximum atomic E-state index is 11.7. The van der Waals surface area contributed by atoms with Crippen LogP contribution in [0.5, 0.6) is 0 Å². The van der Waals surface area contributed by atoms with Crippen LogP contribution in [0.3, 0.4) is 0 Å². The van der Waals surface area contributed by atoms with Gasteiger partial charge in [-0.1, -0.05) is 13.3 Å². The normalized spacial score (nSPS) is 11.9. The van der Waals surface area contributed by atoms with Crippen LogP contribution < -0.4 is 10.9 Å². The molecule has 0 radical (unpaired) electrons. The zero-order valence-electron chi connectivity index (χ0n) is 10.9. The molecule has 2 N–H and O–H groups in total. The van der Waals surface area contributed by atoms with Gasteiger partial charge < -0.3 is 10.4 Å². The summed E-state index contributed by atoms with van der Waals surface area (Å²) in [5.41, 5.74) is -0.250. The molecule has 1 heterocycles. The molecule has 0 fully saturated rings. The van der Waals surface area contributed by atoms with Crippen molar-refractivity contribution in [1.82, 2.24) is 15.1 Å². The molecule has 1 aromatic heterocycles. The molecule has 104 valence electrons. The molecule has 0 bridgehead atoms. The molecule has 1 amide bonds.